The van der Waals surface area contributed by atoms with Crippen LogP contribution in [0.25, 0.3) is 0 Å². The van der Waals surface area contributed by atoms with Gasteiger partial charge in [-0.3, -0.25) is 0 Å². The maximum absolute atomic E-state index is 12.8. The SMILES string of the molecule is Cc1cn([C@H]2C[C@H](O[Si](C)(C)C(C)(C)C)[C@@H](C[Se][Se]C[C@H]3O[C@@H](n4cc(C)c(=O)[nH]c4=O)C[C@@H]3O[Si](C)(C)C(C)(C)C)O2)c(=O)[nH]c1=O. The molecule has 2 saturated heterocycles. The third-order valence-corrected chi connectivity index (χ3v) is 26.4. The van der Waals surface area contributed by atoms with E-state index in [-0.39, 0.29) is 60.8 Å². The number of nitrogens with one attached hydrogen (secondary N) is 2. The molecule has 2 aromatic heterocycles. The topological polar surface area (TPSA) is 147 Å². The summed E-state index contributed by atoms with van der Waals surface area (Å²) < 4.78 is 29.9. The van der Waals surface area contributed by atoms with Crippen LogP contribution < -0.4 is 22.5 Å². The standard InChI is InChI=1S/C32H54N4O8Se2Si2/c1-19-15-35(29(39)33-27(19)37)25-13-21(43-47(9,10)31(3,4)5)23(41-25)17-45-46-18-24-22(44-48(11,12)32(6,7)8)14-26(42-24)36-16-20(2)28(38)34-30(36)40/h15-16,21-26H,13-14,17-18H2,1-12H3,(H,33,37,39)(H,34,38,40)/t21-,22-,23+,24+,25+,26+/m0/s1. The Bertz CT molecular complexity index is 1570. The Morgan fingerprint density at radius 3 is 1.35 bits per heavy atom. The second-order valence-electron chi connectivity index (χ2n) is 16.1. The van der Waals surface area contributed by atoms with Gasteiger partial charge in [0.2, 0.25) is 0 Å². The molecular formula is C32H54N4O8Se2Si2. The first kappa shape index (κ1) is 39.5. The Morgan fingerprint density at radius 2 is 1.04 bits per heavy atom. The predicted octanol–water partition coefficient (Wildman–Crippen LogP) is 4.22. The van der Waals surface area contributed by atoms with Crippen molar-refractivity contribution in [3.63, 3.8) is 0 Å². The van der Waals surface area contributed by atoms with Crippen molar-refractivity contribution < 1.29 is 18.3 Å². The van der Waals surface area contributed by atoms with Crippen molar-refractivity contribution >= 4 is 42.9 Å². The van der Waals surface area contributed by atoms with Gasteiger partial charge in [0.15, 0.2) is 0 Å². The number of ether oxygens (including phenoxy) is 2. The van der Waals surface area contributed by atoms with Gasteiger partial charge in [-0.25, -0.2) is 0 Å². The zero-order valence-corrected chi connectivity index (χ0v) is 35.9. The molecule has 12 nitrogen and oxygen atoms in total. The van der Waals surface area contributed by atoms with E-state index in [1.54, 1.807) is 26.2 Å². The van der Waals surface area contributed by atoms with Crippen LogP contribution in [0.2, 0.25) is 46.9 Å². The van der Waals surface area contributed by atoms with Crippen LogP contribution in [0.3, 0.4) is 0 Å². The molecule has 270 valence electrons. The average Bonchev–Trinajstić information content (AvgIpc) is 3.52. The molecule has 16 heteroatoms. The van der Waals surface area contributed by atoms with Crippen LogP contribution in [0.15, 0.2) is 31.6 Å². The van der Waals surface area contributed by atoms with Crippen LogP contribution in [0, 0.1) is 13.8 Å². The predicted molar refractivity (Wildman–Crippen MR) is 194 cm³/mol. The van der Waals surface area contributed by atoms with Gasteiger partial charge in [0.05, 0.1) is 0 Å². The molecule has 0 aromatic carbocycles. The van der Waals surface area contributed by atoms with E-state index in [0.717, 1.165) is 10.6 Å². The fraction of sp³-hybridized carbons (Fsp3) is 0.750. The molecular weight excluding hydrogens is 782 g/mol. The molecule has 6 atom stereocenters. The van der Waals surface area contributed by atoms with Gasteiger partial charge in [-0.2, -0.15) is 0 Å². The van der Waals surface area contributed by atoms with Crippen molar-refractivity contribution in [1.29, 1.82) is 0 Å². The van der Waals surface area contributed by atoms with E-state index < -0.39 is 51.6 Å². The second kappa shape index (κ2) is 14.7. The first-order valence-corrected chi connectivity index (χ1v) is 29.1. The van der Waals surface area contributed by atoms with Gasteiger partial charge in [-0.05, 0) is 0 Å². The number of hydrogen-bond donors (Lipinski definition) is 2. The van der Waals surface area contributed by atoms with Crippen molar-refractivity contribution in [2.24, 2.45) is 0 Å². The molecule has 0 aliphatic carbocycles. The minimum atomic E-state index is -2.14. The molecule has 0 radical (unpaired) electrons. The molecule has 4 heterocycles. The van der Waals surface area contributed by atoms with Crippen LogP contribution in [0.5, 0.6) is 0 Å². The Hall–Kier alpha value is -1.33. The Kier molecular flexibility index (Phi) is 12.1. The molecule has 2 fully saturated rings. The van der Waals surface area contributed by atoms with Gasteiger partial charge in [0, 0.05) is 0 Å². The summed E-state index contributed by atoms with van der Waals surface area (Å²) >= 11 is 0.448. The van der Waals surface area contributed by atoms with Crippen LogP contribution in [-0.2, 0) is 18.3 Å². The van der Waals surface area contributed by atoms with Crippen molar-refractivity contribution in [2.75, 3.05) is 0 Å². The molecule has 48 heavy (non-hydrogen) atoms. The zero-order valence-electron chi connectivity index (χ0n) is 30.4. The Balaban J connectivity index is 1.49. The average molecular weight is 837 g/mol. The summed E-state index contributed by atoms with van der Waals surface area (Å²) in [5.41, 5.74) is -0.819. The van der Waals surface area contributed by atoms with Gasteiger partial charge in [0.1, 0.15) is 0 Å². The van der Waals surface area contributed by atoms with E-state index in [2.05, 4.69) is 77.7 Å². The molecule has 2 aliphatic rings. The van der Waals surface area contributed by atoms with E-state index >= 15 is 0 Å². The molecule has 4 rings (SSSR count). The fourth-order valence-corrected chi connectivity index (χ4v) is 15.2. The van der Waals surface area contributed by atoms with Gasteiger partial charge >= 0.3 is 298 Å². The number of aromatic nitrogens is 4. The van der Waals surface area contributed by atoms with Crippen LogP contribution in [0.4, 0.5) is 0 Å². The summed E-state index contributed by atoms with van der Waals surface area (Å²) in [7, 11) is -4.28. The number of nitrogens with zero attached hydrogens (tertiary/aromatic N) is 2. The van der Waals surface area contributed by atoms with E-state index in [9.17, 15) is 19.2 Å². The number of hydrogen-bond acceptors (Lipinski definition) is 8. The van der Waals surface area contributed by atoms with Crippen molar-refractivity contribution in [2.45, 2.75) is 152 Å². The summed E-state index contributed by atoms with van der Waals surface area (Å²) in [5.74, 6) is 0. The quantitative estimate of drug-likeness (QED) is 0.253. The van der Waals surface area contributed by atoms with E-state index in [1.807, 2.05) is 0 Å². The van der Waals surface area contributed by atoms with Crippen LogP contribution in [0.1, 0.15) is 78.0 Å². The Labute approximate surface area is 296 Å². The van der Waals surface area contributed by atoms with Gasteiger partial charge in [-0.15, -0.1) is 0 Å². The Morgan fingerprint density at radius 1 is 0.708 bits per heavy atom. The third-order valence-electron chi connectivity index (χ3n) is 10.3. The van der Waals surface area contributed by atoms with Crippen molar-refractivity contribution in [1.82, 2.24) is 19.1 Å². The first-order valence-electron chi connectivity index (χ1n) is 16.6. The van der Waals surface area contributed by atoms with Gasteiger partial charge < -0.3 is 0 Å². The van der Waals surface area contributed by atoms with E-state index in [0.29, 0.717) is 24.0 Å². The molecule has 2 N–H and O–H groups in total. The number of rotatable bonds is 11. The molecule has 2 aliphatic heterocycles. The first-order chi connectivity index (χ1) is 22.0. The fourth-order valence-electron chi connectivity index (χ4n) is 5.23. The summed E-state index contributed by atoms with van der Waals surface area (Å²) in [6.45, 7) is 25.6. The maximum atomic E-state index is 12.8. The summed E-state index contributed by atoms with van der Waals surface area (Å²) in [4.78, 5) is 54.4. The molecule has 0 unspecified atom stereocenters. The van der Waals surface area contributed by atoms with Crippen molar-refractivity contribution in [3.05, 3.63) is 65.2 Å². The molecule has 0 amide bonds. The molecule has 0 spiro atoms. The summed E-state index contributed by atoms with van der Waals surface area (Å²) in [6.07, 6.45) is 2.52. The van der Waals surface area contributed by atoms with Crippen LogP contribution >= 0.6 is 0 Å². The number of aryl methyl sites for hydroxylation is 2. The normalized spacial score (nSPS) is 25.6. The summed E-state index contributed by atoms with van der Waals surface area (Å²) in [6, 6.07) is 0. The van der Waals surface area contributed by atoms with Gasteiger partial charge in [-0.1, -0.05) is 0 Å². The second-order valence-corrected chi connectivity index (χ2v) is 33.1. The monoisotopic (exact) mass is 838 g/mol. The number of H-pyrrole nitrogens is 2. The van der Waals surface area contributed by atoms with E-state index in [4.69, 9.17) is 18.3 Å². The zero-order chi connectivity index (χ0) is 36.0. The number of aromatic amines is 2. The van der Waals surface area contributed by atoms with E-state index in [1.165, 1.54) is 9.13 Å². The van der Waals surface area contributed by atoms with Crippen LogP contribution in [-0.4, -0.2) is 86.4 Å². The van der Waals surface area contributed by atoms with Gasteiger partial charge in [0.25, 0.3) is 0 Å². The molecule has 0 bridgehead atoms. The third kappa shape index (κ3) is 8.93. The molecule has 0 saturated carbocycles. The molecule has 2 aromatic rings. The minimum absolute atomic E-state index is 0.0118. The van der Waals surface area contributed by atoms with Crippen molar-refractivity contribution in [3.8, 4) is 0 Å². The summed E-state index contributed by atoms with van der Waals surface area (Å²) in [5, 5.41) is 1.67.